The van der Waals surface area contributed by atoms with Crippen LogP contribution in [-0.4, -0.2) is 43.2 Å². The normalized spacial score (nSPS) is 23.4. The van der Waals surface area contributed by atoms with Crippen LogP contribution in [0.4, 0.5) is 0 Å². The molecule has 100 valence electrons. The Bertz CT molecular complexity index is 412. The monoisotopic (exact) mass is 314 g/mol. The van der Waals surface area contributed by atoms with Gasteiger partial charge in [0.1, 0.15) is 16.3 Å². The third-order valence-corrected chi connectivity index (χ3v) is 4.14. The molecule has 0 aliphatic heterocycles. The average Bonchev–Trinajstić information content (AvgIpc) is 2.80. The van der Waals surface area contributed by atoms with Crippen molar-refractivity contribution in [3.8, 4) is 11.6 Å². The zero-order valence-corrected chi connectivity index (χ0v) is 12.6. The first-order valence-electron chi connectivity index (χ1n) is 6.13. The van der Waals surface area contributed by atoms with Gasteiger partial charge in [0.05, 0.1) is 7.11 Å². The standard InChI is InChI=1S/C13H19BrN2O2/c1-16(2)9-4-5-10(8-9)18-13-12(14)11(17-3)6-7-15-13/h6-7,9-10H,4-5,8H2,1-3H3/t9-,10+/m1/s1. The van der Waals surface area contributed by atoms with Gasteiger partial charge in [0.25, 0.3) is 0 Å². The molecule has 1 fully saturated rings. The average molecular weight is 315 g/mol. The Morgan fingerprint density at radius 1 is 1.39 bits per heavy atom. The van der Waals surface area contributed by atoms with E-state index in [1.54, 1.807) is 13.3 Å². The Morgan fingerprint density at radius 3 is 2.78 bits per heavy atom. The van der Waals surface area contributed by atoms with E-state index in [1.807, 2.05) is 6.07 Å². The number of nitrogens with zero attached hydrogens (tertiary/aromatic N) is 2. The molecule has 4 nitrogen and oxygen atoms in total. The number of rotatable bonds is 4. The predicted molar refractivity (Wildman–Crippen MR) is 74.2 cm³/mol. The Balaban J connectivity index is 2.02. The fraction of sp³-hybridized carbons (Fsp3) is 0.615. The number of methoxy groups -OCH3 is 1. The van der Waals surface area contributed by atoms with Crippen molar-refractivity contribution in [2.75, 3.05) is 21.2 Å². The summed E-state index contributed by atoms with van der Waals surface area (Å²) in [6.07, 6.45) is 5.26. The summed E-state index contributed by atoms with van der Waals surface area (Å²) >= 11 is 3.47. The van der Waals surface area contributed by atoms with Gasteiger partial charge in [0.15, 0.2) is 0 Å². The van der Waals surface area contributed by atoms with Crippen molar-refractivity contribution in [2.24, 2.45) is 0 Å². The summed E-state index contributed by atoms with van der Waals surface area (Å²) in [6.45, 7) is 0. The minimum atomic E-state index is 0.244. The van der Waals surface area contributed by atoms with Gasteiger partial charge in [0.2, 0.25) is 5.88 Å². The van der Waals surface area contributed by atoms with E-state index in [4.69, 9.17) is 9.47 Å². The zero-order chi connectivity index (χ0) is 13.1. The van der Waals surface area contributed by atoms with E-state index in [1.165, 1.54) is 6.42 Å². The summed E-state index contributed by atoms with van der Waals surface area (Å²) in [5.74, 6) is 1.38. The maximum Gasteiger partial charge on any atom is 0.232 e. The molecule has 5 heteroatoms. The van der Waals surface area contributed by atoms with Gasteiger partial charge in [-0.3, -0.25) is 0 Å². The molecule has 0 N–H and O–H groups in total. The summed E-state index contributed by atoms with van der Waals surface area (Å²) in [5, 5.41) is 0. The molecule has 0 aromatic carbocycles. The van der Waals surface area contributed by atoms with E-state index >= 15 is 0 Å². The van der Waals surface area contributed by atoms with Crippen molar-refractivity contribution in [2.45, 2.75) is 31.4 Å². The van der Waals surface area contributed by atoms with Crippen LogP contribution in [-0.2, 0) is 0 Å². The van der Waals surface area contributed by atoms with Gasteiger partial charge >= 0.3 is 0 Å². The SMILES string of the molecule is COc1ccnc(O[C@H]2CC[C@@H](N(C)C)C2)c1Br. The summed E-state index contributed by atoms with van der Waals surface area (Å²) in [5.41, 5.74) is 0. The van der Waals surface area contributed by atoms with Crippen molar-refractivity contribution < 1.29 is 9.47 Å². The molecule has 1 heterocycles. The molecule has 18 heavy (non-hydrogen) atoms. The molecule has 1 aromatic rings. The van der Waals surface area contributed by atoms with Gasteiger partial charge in [-0.25, -0.2) is 4.98 Å². The lowest BCUT2D eigenvalue weighted by atomic mass is 10.2. The maximum absolute atomic E-state index is 5.96. The number of aromatic nitrogens is 1. The van der Waals surface area contributed by atoms with E-state index < -0.39 is 0 Å². The molecule has 2 rings (SSSR count). The van der Waals surface area contributed by atoms with Crippen LogP contribution in [0.25, 0.3) is 0 Å². The second kappa shape index (κ2) is 5.89. The molecule has 0 amide bonds. The summed E-state index contributed by atoms with van der Waals surface area (Å²) < 4.78 is 12.0. The summed E-state index contributed by atoms with van der Waals surface area (Å²) in [7, 11) is 5.88. The van der Waals surface area contributed by atoms with Crippen LogP contribution in [0.1, 0.15) is 19.3 Å². The number of pyridine rings is 1. The van der Waals surface area contributed by atoms with Crippen molar-refractivity contribution in [3.05, 3.63) is 16.7 Å². The van der Waals surface area contributed by atoms with E-state index in [9.17, 15) is 0 Å². The van der Waals surface area contributed by atoms with Crippen molar-refractivity contribution in [3.63, 3.8) is 0 Å². The van der Waals surface area contributed by atoms with Gasteiger partial charge < -0.3 is 14.4 Å². The van der Waals surface area contributed by atoms with Crippen LogP contribution in [0.2, 0.25) is 0 Å². The molecule has 1 saturated carbocycles. The minimum absolute atomic E-state index is 0.244. The molecule has 0 radical (unpaired) electrons. The molecule has 0 unspecified atom stereocenters. The second-order valence-electron chi connectivity index (χ2n) is 4.80. The molecule has 1 aliphatic carbocycles. The highest BCUT2D eigenvalue weighted by molar-refractivity contribution is 9.10. The lowest BCUT2D eigenvalue weighted by Gasteiger charge is -2.19. The number of hydrogen-bond acceptors (Lipinski definition) is 4. The Kier molecular flexibility index (Phi) is 4.45. The quantitative estimate of drug-likeness (QED) is 0.856. The number of halogens is 1. The van der Waals surface area contributed by atoms with Gasteiger partial charge in [-0.2, -0.15) is 0 Å². The van der Waals surface area contributed by atoms with Crippen molar-refractivity contribution in [1.29, 1.82) is 0 Å². The van der Waals surface area contributed by atoms with Gasteiger partial charge in [-0.05, 0) is 55.4 Å². The second-order valence-corrected chi connectivity index (χ2v) is 5.60. The highest BCUT2D eigenvalue weighted by atomic mass is 79.9. The molecule has 2 atom stereocenters. The lowest BCUT2D eigenvalue weighted by Crippen LogP contribution is -2.26. The topological polar surface area (TPSA) is 34.6 Å². The Hall–Kier alpha value is -0.810. The maximum atomic E-state index is 5.96. The fourth-order valence-electron chi connectivity index (χ4n) is 2.30. The third kappa shape index (κ3) is 2.95. The zero-order valence-electron chi connectivity index (χ0n) is 11.0. The number of hydrogen-bond donors (Lipinski definition) is 0. The summed E-state index contributed by atoms with van der Waals surface area (Å²) in [6, 6.07) is 2.42. The smallest absolute Gasteiger partial charge is 0.232 e. The van der Waals surface area contributed by atoms with Crippen molar-refractivity contribution in [1.82, 2.24) is 9.88 Å². The molecule has 1 aliphatic rings. The first kappa shape index (κ1) is 13.6. The predicted octanol–water partition coefficient (Wildman–Crippen LogP) is 2.71. The first-order valence-corrected chi connectivity index (χ1v) is 6.92. The van der Waals surface area contributed by atoms with Gasteiger partial charge in [0, 0.05) is 12.2 Å². The van der Waals surface area contributed by atoms with Crippen LogP contribution in [0.5, 0.6) is 11.6 Å². The highest BCUT2D eigenvalue weighted by Crippen LogP contribution is 2.34. The highest BCUT2D eigenvalue weighted by Gasteiger charge is 2.28. The molecular formula is C13H19BrN2O2. The largest absolute Gasteiger partial charge is 0.495 e. The third-order valence-electron chi connectivity index (χ3n) is 3.41. The van der Waals surface area contributed by atoms with E-state index in [-0.39, 0.29) is 6.10 Å². The van der Waals surface area contributed by atoms with Crippen LogP contribution in [0, 0.1) is 0 Å². The van der Waals surface area contributed by atoms with E-state index in [0.717, 1.165) is 23.1 Å². The van der Waals surface area contributed by atoms with E-state index in [2.05, 4.69) is 39.9 Å². The van der Waals surface area contributed by atoms with Gasteiger partial charge in [-0.15, -0.1) is 0 Å². The minimum Gasteiger partial charge on any atom is -0.495 e. The van der Waals surface area contributed by atoms with Crippen LogP contribution < -0.4 is 9.47 Å². The molecule has 0 bridgehead atoms. The number of ether oxygens (including phenoxy) is 2. The molecular weight excluding hydrogens is 296 g/mol. The fourth-order valence-corrected chi connectivity index (χ4v) is 2.79. The molecule has 1 aromatic heterocycles. The van der Waals surface area contributed by atoms with E-state index in [0.29, 0.717) is 11.9 Å². The molecule has 0 spiro atoms. The summed E-state index contributed by atoms with van der Waals surface area (Å²) in [4.78, 5) is 6.52. The van der Waals surface area contributed by atoms with Crippen LogP contribution in [0.3, 0.4) is 0 Å². The van der Waals surface area contributed by atoms with Gasteiger partial charge in [-0.1, -0.05) is 0 Å². The molecule has 0 saturated heterocycles. The van der Waals surface area contributed by atoms with Crippen LogP contribution >= 0.6 is 15.9 Å². The van der Waals surface area contributed by atoms with Crippen molar-refractivity contribution >= 4 is 15.9 Å². The Morgan fingerprint density at radius 2 is 2.17 bits per heavy atom. The first-order chi connectivity index (χ1) is 8.61. The lowest BCUT2D eigenvalue weighted by molar-refractivity contribution is 0.184. The van der Waals surface area contributed by atoms with Crippen LogP contribution in [0.15, 0.2) is 16.7 Å². The Labute approximate surface area is 116 Å².